The van der Waals surface area contributed by atoms with Crippen LogP contribution in [0.1, 0.15) is 71.6 Å². The van der Waals surface area contributed by atoms with Crippen LogP contribution in [0.2, 0.25) is 0 Å². The van der Waals surface area contributed by atoms with Gasteiger partial charge in [-0.05, 0) is 73.7 Å². The Kier molecular flexibility index (Phi) is 3.14. The van der Waals surface area contributed by atoms with Gasteiger partial charge in [-0.15, -0.1) is 0 Å². The van der Waals surface area contributed by atoms with Crippen molar-refractivity contribution < 1.29 is 4.79 Å². The molecule has 4 aliphatic carbocycles. The van der Waals surface area contributed by atoms with Gasteiger partial charge in [0, 0.05) is 5.41 Å². The molecule has 0 aromatic carbocycles. The number of fused-ring (bicyclic) bond motifs is 5. The van der Waals surface area contributed by atoms with Crippen molar-refractivity contribution in [3.05, 3.63) is 12.2 Å². The van der Waals surface area contributed by atoms with E-state index < -0.39 is 0 Å². The Bertz CT molecular complexity index is 478. The van der Waals surface area contributed by atoms with Crippen molar-refractivity contribution in [1.82, 2.24) is 0 Å². The number of hydrogen-bond acceptors (Lipinski definition) is 1. The second kappa shape index (κ2) is 4.70. The zero-order valence-electron chi connectivity index (χ0n) is 13.7. The van der Waals surface area contributed by atoms with Gasteiger partial charge in [0.1, 0.15) is 0 Å². The average Bonchev–Trinajstić information content (AvgIpc) is 2.65. The summed E-state index contributed by atoms with van der Waals surface area (Å²) in [6, 6.07) is 0. The molecule has 0 saturated heterocycles. The van der Waals surface area contributed by atoms with E-state index in [1.54, 1.807) is 0 Å². The van der Waals surface area contributed by atoms with E-state index in [1.807, 2.05) is 6.08 Å². The molecule has 0 aromatic rings. The molecule has 0 N–H and O–H groups in total. The molecule has 0 radical (unpaired) electrons. The highest BCUT2D eigenvalue weighted by molar-refractivity contribution is 5.97. The van der Waals surface area contributed by atoms with Crippen molar-refractivity contribution in [3.8, 4) is 0 Å². The van der Waals surface area contributed by atoms with E-state index >= 15 is 0 Å². The molecule has 0 amide bonds. The summed E-state index contributed by atoms with van der Waals surface area (Å²) in [6.45, 7) is 4.86. The number of allylic oxidation sites excluding steroid dienone is 2. The Labute approximate surface area is 129 Å². The van der Waals surface area contributed by atoms with Crippen molar-refractivity contribution >= 4 is 5.78 Å². The van der Waals surface area contributed by atoms with E-state index in [4.69, 9.17) is 0 Å². The van der Waals surface area contributed by atoms with Crippen molar-refractivity contribution in [2.75, 3.05) is 0 Å². The maximum absolute atomic E-state index is 12.3. The predicted molar refractivity (Wildman–Crippen MR) is 85.9 cm³/mol. The van der Waals surface area contributed by atoms with Crippen LogP contribution in [0.25, 0.3) is 0 Å². The topological polar surface area (TPSA) is 17.1 Å². The largest absolute Gasteiger partial charge is 0.294 e. The van der Waals surface area contributed by atoms with Gasteiger partial charge in [-0.3, -0.25) is 4.79 Å². The molecular formula is C20H30O. The summed E-state index contributed by atoms with van der Waals surface area (Å²) in [7, 11) is 0. The molecule has 21 heavy (non-hydrogen) atoms. The molecule has 3 fully saturated rings. The lowest BCUT2D eigenvalue weighted by Gasteiger charge is -2.57. The number of rotatable bonds is 0. The molecule has 0 aliphatic heterocycles. The van der Waals surface area contributed by atoms with E-state index in [9.17, 15) is 4.79 Å². The second-order valence-electron chi connectivity index (χ2n) is 8.86. The lowest BCUT2D eigenvalue weighted by Crippen LogP contribution is -2.51. The molecule has 0 spiro atoms. The van der Waals surface area contributed by atoms with Gasteiger partial charge in [0.05, 0.1) is 0 Å². The third-order valence-corrected chi connectivity index (χ3v) is 8.10. The molecule has 4 aliphatic rings. The molecule has 116 valence electrons. The van der Waals surface area contributed by atoms with Crippen molar-refractivity contribution in [3.63, 3.8) is 0 Å². The minimum Gasteiger partial charge on any atom is -0.294 e. The lowest BCUT2D eigenvalue weighted by molar-refractivity contribution is -0.134. The zero-order valence-corrected chi connectivity index (χ0v) is 13.7. The van der Waals surface area contributed by atoms with E-state index in [2.05, 4.69) is 19.9 Å². The van der Waals surface area contributed by atoms with Gasteiger partial charge in [-0.2, -0.15) is 0 Å². The Morgan fingerprint density at radius 2 is 1.86 bits per heavy atom. The molecule has 1 nitrogen and oxygen atoms in total. The summed E-state index contributed by atoms with van der Waals surface area (Å²) in [6.07, 6.45) is 16.7. The Morgan fingerprint density at radius 3 is 2.71 bits per heavy atom. The molecule has 6 unspecified atom stereocenters. The van der Waals surface area contributed by atoms with Crippen molar-refractivity contribution in [2.24, 2.45) is 34.5 Å². The quantitative estimate of drug-likeness (QED) is 0.601. The van der Waals surface area contributed by atoms with Gasteiger partial charge < -0.3 is 0 Å². The van der Waals surface area contributed by atoms with Crippen LogP contribution in [-0.2, 0) is 4.79 Å². The van der Waals surface area contributed by atoms with Crippen LogP contribution in [-0.4, -0.2) is 5.78 Å². The normalized spacial score (nSPS) is 52.8. The average molecular weight is 286 g/mol. The van der Waals surface area contributed by atoms with Gasteiger partial charge >= 0.3 is 0 Å². The molecule has 3 saturated carbocycles. The fourth-order valence-electron chi connectivity index (χ4n) is 6.75. The number of hydrogen-bond donors (Lipinski definition) is 0. The second-order valence-corrected chi connectivity index (χ2v) is 8.86. The molecule has 6 atom stereocenters. The first-order valence-electron chi connectivity index (χ1n) is 9.28. The molecule has 0 heterocycles. The van der Waals surface area contributed by atoms with Crippen molar-refractivity contribution in [1.29, 1.82) is 0 Å². The first-order chi connectivity index (χ1) is 10.1. The highest BCUT2D eigenvalue weighted by atomic mass is 16.1. The highest BCUT2D eigenvalue weighted by Crippen LogP contribution is 2.63. The summed E-state index contributed by atoms with van der Waals surface area (Å²) < 4.78 is 0. The van der Waals surface area contributed by atoms with Crippen molar-refractivity contribution in [2.45, 2.75) is 71.6 Å². The van der Waals surface area contributed by atoms with E-state index in [0.717, 1.165) is 24.2 Å². The minimum absolute atomic E-state index is 0.0465. The molecular weight excluding hydrogens is 256 g/mol. The maximum Gasteiger partial charge on any atom is 0.161 e. The zero-order chi connectivity index (χ0) is 14.7. The van der Waals surface area contributed by atoms with Gasteiger partial charge in [-0.1, -0.05) is 39.2 Å². The minimum atomic E-state index is -0.0465. The lowest BCUT2D eigenvalue weighted by atomic mass is 9.47. The summed E-state index contributed by atoms with van der Waals surface area (Å²) >= 11 is 0. The van der Waals surface area contributed by atoms with Crippen LogP contribution >= 0.6 is 0 Å². The van der Waals surface area contributed by atoms with Crippen LogP contribution in [0.3, 0.4) is 0 Å². The van der Waals surface area contributed by atoms with E-state index in [1.165, 1.54) is 51.4 Å². The number of carbonyl (C=O) groups excluding carboxylic acids is 1. The summed E-state index contributed by atoms with van der Waals surface area (Å²) in [4.78, 5) is 12.3. The van der Waals surface area contributed by atoms with Gasteiger partial charge in [-0.25, -0.2) is 0 Å². The number of carbonyl (C=O) groups is 1. The van der Waals surface area contributed by atoms with Gasteiger partial charge in [0.15, 0.2) is 5.78 Å². The molecule has 1 heteroatoms. The first-order valence-corrected chi connectivity index (χ1v) is 9.28. The molecule has 4 rings (SSSR count). The third-order valence-electron chi connectivity index (χ3n) is 8.10. The smallest absolute Gasteiger partial charge is 0.161 e. The number of ketones is 1. The van der Waals surface area contributed by atoms with Gasteiger partial charge in [0.2, 0.25) is 0 Å². The summed E-state index contributed by atoms with van der Waals surface area (Å²) in [5.41, 5.74) is 0.523. The molecule has 0 bridgehead atoms. The SMILES string of the molecule is CC12CCC3C(CCC4CCCCCC43C)C1C=CC2=O. The monoisotopic (exact) mass is 286 g/mol. The van der Waals surface area contributed by atoms with Crippen LogP contribution < -0.4 is 0 Å². The Balaban J connectivity index is 1.67. The first kappa shape index (κ1) is 14.0. The Hall–Kier alpha value is -0.590. The van der Waals surface area contributed by atoms with E-state index in [0.29, 0.717) is 17.1 Å². The highest BCUT2D eigenvalue weighted by Gasteiger charge is 2.57. The fourth-order valence-corrected chi connectivity index (χ4v) is 6.75. The molecule has 0 aromatic heterocycles. The van der Waals surface area contributed by atoms with Crippen LogP contribution in [0.15, 0.2) is 12.2 Å². The van der Waals surface area contributed by atoms with E-state index in [-0.39, 0.29) is 5.41 Å². The fraction of sp³-hybridized carbons (Fsp3) is 0.850. The third kappa shape index (κ3) is 1.85. The maximum atomic E-state index is 12.3. The van der Waals surface area contributed by atoms with Crippen LogP contribution in [0.5, 0.6) is 0 Å². The summed E-state index contributed by atoms with van der Waals surface area (Å²) in [5, 5.41) is 0. The standard InChI is InChI=1S/C20H30O/c1-19-12-5-3-4-6-14(19)7-8-15-16-9-10-18(21)20(16,2)13-11-17(15)19/h9-10,14-17H,3-8,11-13H2,1-2H3. The predicted octanol–water partition coefficient (Wildman–Crippen LogP) is 5.15. The summed E-state index contributed by atoms with van der Waals surface area (Å²) in [5.74, 6) is 3.59. The van der Waals surface area contributed by atoms with Crippen LogP contribution in [0, 0.1) is 34.5 Å². The van der Waals surface area contributed by atoms with Crippen LogP contribution in [0.4, 0.5) is 0 Å². The van der Waals surface area contributed by atoms with Gasteiger partial charge in [0.25, 0.3) is 0 Å². The Morgan fingerprint density at radius 1 is 1.00 bits per heavy atom.